The van der Waals surface area contributed by atoms with Crippen LogP contribution in [0.4, 0.5) is 5.69 Å². The summed E-state index contributed by atoms with van der Waals surface area (Å²) >= 11 is 0. The van der Waals surface area contributed by atoms with Crippen LogP contribution in [0.2, 0.25) is 0 Å². The van der Waals surface area contributed by atoms with Gasteiger partial charge in [0.25, 0.3) is 10.0 Å². The van der Waals surface area contributed by atoms with Crippen molar-refractivity contribution in [3.63, 3.8) is 0 Å². The van der Waals surface area contributed by atoms with Gasteiger partial charge in [0.15, 0.2) is 0 Å². The number of ether oxygens (including phenoxy) is 1. The summed E-state index contributed by atoms with van der Waals surface area (Å²) in [5.74, 6) is 0.348. The van der Waals surface area contributed by atoms with E-state index in [-0.39, 0.29) is 17.9 Å². The molecule has 3 aromatic rings. The lowest BCUT2D eigenvalue weighted by atomic mass is 9.74. The van der Waals surface area contributed by atoms with Gasteiger partial charge in [-0.15, -0.1) is 0 Å². The van der Waals surface area contributed by atoms with Crippen molar-refractivity contribution in [3.8, 4) is 0 Å². The van der Waals surface area contributed by atoms with E-state index < -0.39 is 10.0 Å². The lowest BCUT2D eigenvalue weighted by molar-refractivity contribution is -0.0384. The van der Waals surface area contributed by atoms with Crippen LogP contribution in [0.25, 0.3) is 0 Å². The highest BCUT2D eigenvalue weighted by Gasteiger charge is 2.44. The SMILES string of the molecule is Cc1ccc(S(=O)(=O)N2CC3C(CCOC3c3ccccc3)c3ccccc32)cc1. The second-order valence-corrected chi connectivity index (χ2v) is 10.0. The van der Waals surface area contributed by atoms with Crippen LogP contribution in [0.5, 0.6) is 0 Å². The van der Waals surface area contributed by atoms with Gasteiger partial charge in [-0.1, -0.05) is 66.2 Å². The average Bonchev–Trinajstić information content (AvgIpc) is 2.79. The third kappa shape index (κ3) is 3.22. The molecule has 3 atom stereocenters. The van der Waals surface area contributed by atoms with Gasteiger partial charge < -0.3 is 4.74 Å². The Balaban J connectivity index is 1.61. The van der Waals surface area contributed by atoms with Gasteiger partial charge in [-0.25, -0.2) is 8.42 Å². The molecule has 3 aromatic carbocycles. The molecule has 5 rings (SSSR count). The van der Waals surface area contributed by atoms with Gasteiger partial charge in [0, 0.05) is 19.1 Å². The van der Waals surface area contributed by atoms with E-state index >= 15 is 0 Å². The van der Waals surface area contributed by atoms with Crippen molar-refractivity contribution in [1.82, 2.24) is 0 Å². The monoisotopic (exact) mass is 419 g/mol. The molecule has 3 unspecified atom stereocenters. The Bertz CT molecular complexity index is 1140. The summed E-state index contributed by atoms with van der Waals surface area (Å²) in [5.41, 5.74) is 4.05. The lowest BCUT2D eigenvalue weighted by Crippen LogP contribution is -2.46. The smallest absolute Gasteiger partial charge is 0.264 e. The summed E-state index contributed by atoms with van der Waals surface area (Å²) in [5, 5.41) is 0. The number of benzene rings is 3. The number of aryl methyl sites for hydroxylation is 1. The normalized spacial score (nSPS) is 23.5. The maximum absolute atomic E-state index is 13.7. The minimum absolute atomic E-state index is 0.0660. The highest BCUT2D eigenvalue weighted by atomic mass is 32.2. The molecule has 0 bridgehead atoms. The molecule has 0 N–H and O–H groups in total. The molecule has 0 aliphatic carbocycles. The molecule has 0 aromatic heterocycles. The standard InChI is InChI=1S/C25H25NO3S/c1-18-11-13-20(14-12-18)30(27,28)26-17-23-21(22-9-5-6-10-24(22)26)15-16-29-25(23)19-7-3-2-4-8-19/h2-14,21,23,25H,15-17H2,1H3. The number of nitrogens with zero attached hydrogens (tertiary/aromatic N) is 1. The first-order valence-corrected chi connectivity index (χ1v) is 11.8. The number of hydrogen-bond donors (Lipinski definition) is 0. The van der Waals surface area contributed by atoms with Gasteiger partial charge in [-0.05, 0) is 48.6 Å². The van der Waals surface area contributed by atoms with Gasteiger partial charge in [0.05, 0.1) is 16.7 Å². The average molecular weight is 420 g/mol. The third-order valence-electron chi connectivity index (χ3n) is 6.35. The van der Waals surface area contributed by atoms with E-state index in [1.54, 1.807) is 16.4 Å². The Morgan fingerprint density at radius 1 is 0.900 bits per heavy atom. The third-order valence-corrected chi connectivity index (χ3v) is 8.14. The largest absolute Gasteiger partial charge is 0.373 e. The number of hydrogen-bond acceptors (Lipinski definition) is 3. The molecule has 0 spiro atoms. The van der Waals surface area contributed by atoms with Crippen molar-refractivity contribution in [2.45, 2.75) is 30.3 Å². The van der Waals surface area contributed by atoms with Crippen LogP contribution in [-0.2, 0) is 14.8 Å². The molecule has 5 heteroatoms. The number of anilines is 1. The van der Waals surface area contributed by atoms with E-state index in [0.29, 0.717) is 18.0 Å². The molecule has 1 fully saturated rings. The Kier molecular flexibility index (Phi) is 4.88. The Labute approximate surface area is 178 Å². The van der Waals surface area contributed by atoms with Crippen LogP contribution in [0, 0.1) is 12.8 Å². The molecule has 1 saturated heterocycles. The van der Waals surface area contributed by atoms with Crippen molar-refractivity contribution in [3.05, 3.63) is 95.6 Å². The minimum atomic E-state index is -3.67. The zero-order chi connectivity index (χ0) is 20.7. The van der Waals surface area contributed by atoms with E-state index in [1.807, 2.05) is 55.5 Å². The lowest BCUT2D eigenvalue weighted by Gasteiger charge is -2.46. The van der Waals surface area contributed by atoms with E-state index in [2.05, 4.69) is 18.2 Å². The van der Waals surface area contributed by atoms with Crippen molar-refractivity contribution in [1.29, 1.82) is 0 Å². The summed E-state index contributed by atoms with van der Waals surface area (Å²) in [6.07, 6.45) is 0.790. The molecule has 0 saturated carbocycles. The van der Waals surface area contributed by atoms with Crippen LogP contribution in [0.15, 0.2) is 83.8 Å². The first-order valence-electron chi connectivity index (χ1n) is 10.4. The summed E-state index contributed by atoms with van der Waals surface area (Å²) < 4.78 is 35.1. The number of para-hydroxylation sites is 1. The van der Waals surface area contributed by atoms with Gasteiger partial charge in [-0.3, -0.25) is 4.31 Å². The van der Waals surface area contributed by atoms with Gasteiger partial charge >= 0.3 is 0 Å². The Hall–Kier alpha value is -2.63. The molecule has 4 nitrogen and oxygen atoms in total. The predicted octanol–water partition coefficient (Wildman–Crippen LogP) is 5.07. The quantitative estimate of drug-likeness (QED) is 0.596. The molecular weight excluding hydrogens is 394 g/mol. The van der Waals surface area contributed by atoms with Gasteiger partial charge in [0.2, 0.25) is 0 Å². The molecule has 0 radical (unpaired) electrons. The topological polar surface area (TPSA) is 46.6 Å². The fourth-order valence-electron chi connectivity index (χ4n) is 4.85. The summed E-state index contributed by atoms with van der Waals surface area (Å²) in [6.45, 7) is 3.05. The van der Waals surface area contributed by atoms with Crippen LogP contribution in [0.3, 0.4) is 0 Å². The molecule has 2 heterocycles. The van der Waals surface area contributed by atoms with Crippen LogP contribution >= 0.6 is 0 Å². The zero-order valence-corrected chi connectivity index (χ0v) is 17.8. The first kappa shape index (κ1) is 19.3. The second kappa shape index (κ2) is 7.56. The van der Waals surface area contributed by atoms with Crippen LogP contribution in [0.1, 0.15) is 35.1 Å². The Morgan fingerprint density at radius 2 is 1.60 bits per heavy atom. The zero-order valence-electron chi connectivity index (χ0n) is 16.9. The van der Waals surface area contributed by atoms with Crippen molar-refractivity contribution in [2.24, 2.45) is 5.92 Å². The van der Waals surface area contributed by atoms with Crippen molar-refractivity contribution in [2.75, 3.05) is 17.5 Å². The number of rotatable bonds is 3. The fourth-order valence-corrected chi connectivity index (χ4v) is 6.38. The van der Waals surface area contributed by atoms with Crippen LogP contribution in [-0.4, -0.2) is 21.6 Å². The highest BCUT2D eigenvalue weighted by Crippen LogP contribution is 2.50. The maximum atomic E-state index is 13.7. The fraction of sp³-hybridized carbons (Fsp3) is 0.280. The van der Waals surface area contributed by atoms with Gasteiger partial charge in [-0.2, -0.15) is 0 Å². The van der Waals surface area contributed by atoms with E-state index in [9.17, 15) is 8.42 Å². The van der Waals surface area contributed by atoms with Crippen molar-refractivity contribution >= 4 is 15.7 Å². The van der Waals surface area contributed by atoms with Gasteiger partial charge in [0.1, 0.15) is 0 Å². The Morgan fingerprint density at radius 3 is 2.37 bits per heavy atom. The first-order chi connectivity index (χ1) is 14.6. The minimum Gasteiger partial charge on any atom is -0.373 e. The molecule has 0 amide bonds. The maximum Gasteiger partial charge on any atom is 0.264 e. The molecule has 2 aliphatic heterocycles. The van der Waals surface area contributed by atoms with E-state index in [1.165, 1.54) is 0 Å². The second-order valence-electron chi connectivity index (χ2n) is 8.17. The highest BCUT2D eigenvalue weighted by molar-refractivity contribution is 7.92. The van der Waals surface area contributed by atoms with Crippen LogP contribution < -0.4 is 4.31 Å². The molecule has 154 valence electrons. The summed E-state index contributed by atoms with van der Waals surface area (Å²) in [6, 6.07) is 25.2. The van der Waals surface area contributed by atoms with E-state index in [0.717, 1.165) is 28.8 Å². The predicted molar refractivity (Wildman–Crippen MR) is 118 cm³/mol. The molecule has 30 heavy (non-hydrogen) atoms. The number of fused-ring (bicyclic) bond motifs is 3. The summed E-state index contributed by atoms with van der Waals surface area (Å²) in [4.78, 5) is 0.328. The molecule has 2 aliphatic rings. The molecular formula is C25H25NO3S. The number of sulfonamides is 1. The van der Waals surface area contributed by atoms with Crippen molar-refractivity contribution < 1.29 is 13.2 Å². The summed E-state index contributed by atoms with van der Waals surface area (Å²) in [7, 11) is -3.67. The van der Waals surface area contributed by atoms with E-state index in [4.69, 9.17) is 4.74 Å².